The number of nitrogens with zero attached hydrogens (tertiary/aromatic N) is 7. The molecule has 4 heterocycles. The highest BCUT2D eigenvalue weighted by Crippen LogP contribution is 2.19. The number of hydrogen-bond acceptors (Lipinski definition) is 6. The molecule has 0 aliphatic carbocycles. The van der Waals surface area contributed by atoms with E-state index >= 15 is 0 Å². The second kappa shape index (κ2) is 9.82. The molecule has 0 bridgehead atoms. The van der Waals surface area contributed by atoms with Crippen LogP contribution in [0.15, 0.2) is 67.4 Å². The van der Waals surface area contributed by atoms with E-state index in [0.29, 0.717) is 18.1 Å². The van der Waals surface area contributed by atoms with Crippen LogP contribution in [0, 0.1) is 0 Å². The lowest BCUT2D eigenvalue weighted by molar-refractivity contribution is 0.0936. The summed E-state index contributed by atoms with van der Waals surface area (Å²) in [6, 6.07) is 11.4. The zero-order chi connectivity index (χ0) is 25.1. The quantitative estimate of drug-likeness (QED) is 0.350. The van der Waals surface area contributed by atoms with Gasteiger partial charge >= 0.3 is 0 Å². The Morgan fingerprint density at radius 3 is 2.61 bits per heavy atom. The molecule has 2 N–H and O–H groups in total. The van der Waals surface area contributed by atoms with E-state index in [4.69, 9.17) is 0 Å². The van der Waals surface area contributed by atoms with Crippen LogP contribution in [0.2, 0.25) is 0 Å². The van der Waals surface area contributed by atoms with E-state index in [1.54, 1.807) is 29.9 Å². The van der Waals surface area contributed by atoms with Gasteiger partial charge in [0.15, 0.2) is 0 Å². The number of aromatic nitrogens is 7. The molecule has 0 fully saturated rings. The Balaban J connectivity index is 1.30. The second-order valence-corrected chi connectivity index (χ2v) is 8.29. The minimum atomic E-state index is -0.498. The molecular weight excluding hydrogens is 458 g/mol. The van der Waals surface area contributed by atoms with Gasteiger partial charge in [-0.1, -0.05) is 37.3 Å². The van der Waals surface area contributed by atoms with Crippen LogP contribution in [-0.4, -0.2) is 45.7 Å². The fourth-order valence-corrected chi connectivity index (χ4v) is 3.86. The van der Waals surface area contributed by atoms with Gasteiger partial charge < -0.3 is 10.6 Å². The number of fused-ring (bicyclic) bond motifs is 1. The molecule has 5 rings (SSSR count). The largest absolute Gasteiger partial charge is 0.348 e. The molecule has 0 unspecified atom stereocenters. The van der Waals surface area contributed by atoms with Gasteiger partial charge in [0.05, 0.1) is 23.7 Å². The van der Waals surface area contributed by atoms with Gasteiger partial charge in [0.2, 0.25) is 5.78 Å². The molecule has 11 heteroatoms. The lowest BCUT2D eigenvalue weighted by Gasteiger charge is -2.08. The topological polar surface area (TPSA) is 124 Å². The Bertz CT molecular complexity index is 1530. The molecule has 1 aromatic carbocycles. The third kappa shape index (κ3) is 4.71. The lowest BCUT2D eigenvalue weighted by Crippen LogP contribution is -2.26. The third-order valence-electron chi connectivity index (χ3n) is 5.63. The number of hydrogen-bond donors (Lipinski definition) is 2. The number of carbonyl (C=O) groups excluding carboxylic acids is 2. The van der Waals surface area contributed by atoms with Gasteiger partial charge in [-0.25, -0.2) is 4.98 Å². The van der Waals surface area contributed by atoms with Crippen molar-refractivity contribution in [2.24, 2.45) is 7.05 Å². The highest BCUT2D eigenvalue weighted by atomic mass is 16.2. The van der Waals surface area contributed by atoms with E-state index in [9.17, 15) is 9.59 Å². The predicted molar refractivity (Wildman–Crippen MR) is 133 cm³/mol. The molecule has 36 heavy (non-hydrogen) atoms. The first-order valence-corrected chi connectivity index (χ1v) is 11.6. The van der Waals surface area contributed by atoms with Crippen LogP contribution in [0.25, 0.3) is 17.0 Å². The van der Waals surface area contributed by atoms with E-state index in [1.807, 2.05) is 47.4 Å². The number of rotatable bonds is 8. The minimum Gasteiger partial charge on any atom is -0.348 e. The zero-order valence-corrected chi connectivity index (χ0v) is 19.9. The molecule has 0 spiro atoms. The highest BCUT2D eigenvalue weighted by molar-refractivity contribution is 6.10. The van der Waals surface area contributed by atoms with E-state index in [2.05, 4.69) is 37.7 Å². The number of amides is 2. The minimum absolute atomic E-state index is 0.129. The van der Waals surface area contributed by atoms with Crippen molar-refractivity contribution >= 4 is 23.4 Å². The van der Waals surface area contributed by atoms with Crippen LogP contribution >= 0.6 is 0 Å². The summed E-state index contributed by atoms with van der Waals surface area (Å²) in [5.74, 6) is -0.143. The standard InChI is InChI=1S/C25H25N9O2/c1-3-10-34-15-17(13-28-34)12-26-23(35)19-14-27-32(2)22(19)24(36)30-21-9-11-33-16-20(29-25(33)31-21)18-7-5-4-6-8-18/h4-9,11,13-16H,3,10,12H2,1-2H3,(H,26,35)(H,29,30,31,36). The van der Waals surface area contributed by atoms with Gasteiger partial charge in [-0.15, -0.1) is 0 Å². The Labute approximate surface area is 206 Å². The van der Waals surface area contributed by atoms with Crippen LogP contribution in [0.1, 0.15) is 39.8 Å². The Morgan fingerprint density at radius 2 is 1.81 bits per heavy atom. The maximum atomic E-state index is 13.1. The van der Waals surface area contributed by atoms with E-state index < -0.39 is 11.8 Å². The van der Waals surface area contributed by atoms with Crippen molar-refractivity contribution in [3.05, 3.63) is 84.2 Å². The Morgan fingerprint density at radius 1 is 0.972 bits per heavy atom. The first kappa shape index (κ1) is 23.0. The lowest BCUT2D eigenvalue weighted by atomic mass is 10.2. The van der Waals surface area contributed by atoms with E-state index in [1.165, 1.54) is 10.9 Å². The fraction of sp³-hybridized carbons (Fsp3) is 0.200. The van der Waals surface area contributed by atoms with Crippen LogP contribution in [0.4, 0.5) is 5.82 Å². The highest BCUT2D eigenvalue weighted by Gasteiger charge is 2.23. The van der Waals surface area contributed by atoms with Gasteiger partial charge in [-0.3, -0.25) is 23.4 Å². The maximum Gasteiger partial charge on any atom is 0.275 e. The summed E-state index contributed by atoms with van der Waals surface area (Å²) in [5.41, 5.74) is 2.92. The summed E-state index contributed by atoms with van der Waals surface area (Å²) in [5, 5.41) is 14.0. The van der Waals surface area contributed by atoms with Gasteiger partial charge in [0, 0.05) is 49.9 Å². The molecule has 0 aliphatic heterocycles. The predicted octanol–water partition coefficient (Wildman–Crippen LogP) is 2.92. The molecule has 4 aromatic heterocycles. The molecule has 11 nitrogen and oxygen atoms in total. The van der Waals surface area contributed by atoms with Crippen LogP contribution in [0.3, 0.4) is 0 Å². The molecule has 0 saturated heterocycles. The van der Waals surface area contributed by atoms with E-state index in [-0.39, 0.29) is 11.3 Å². The normalized spacial score (nSPS) is 11.1. The average molecular weight is 484 g/mol. The van der Waals surface area contributed by atoms with Crippen molar-refractivity contribution in [2.75, 3.05) is 5.32 Å². The zero-order valence-electron chi connectivity index (χ0n) is 19.9. The summed E-state index contributed by atoms with van der Waals surface area (Å²) >= 11 is 0. The smallest absolute Gasteiger partial charge is 0.275 e. The second-order valence-electron chi connectivity index (χ2n) is 8.29. The first-order chi connectivity index (χ1) is 17.5. The summed E-state index contributed by atoms with van der Waals surface area (Å²) in [7, 11) is 1.61. The number of benzene rings is 1. The van der Waals surface area contributed by atoms with Gasteiger partial charge in [0.1, 0.15) is 11.5 Å². The molecule has 182 valence electrons. The molecule has 0 saturated carbocycles. The summed E-state index contributed by atoms with van der Waals surface area (Å²) in [4.78, 5) is 35.0. The van der Waals surface area contributed by atoms with Crippen molar-refractivity contribution in [2.45, 2.75) is 26.4 Å². The van der Waals surface area contributed by atoms with Crippen molar-refractivity contribution in [3.63, 3.8) is 0 Å². The van der Waals surface area contributed by atoms with Crippen LogP contribution in [0.5, 0.6) is 0 Å². The first-order valence-electron chi connectivity index (χ1n) is 11.6. The number of anilines is 1. The third-order valence-corrected chi connectivity index (χ3v) is 5.63. The van der Waals surface area contributed by atoms with E-state index in [0.717, 1.165) is 29.8 Å². The summed E-state index contributed by atoms with van der Waals surface area (Å²) in [6.45, 7) is 3.18. The van der Waals surface area contributed by atoms with Crippen molar-refractivity contribution < 1.29 is 9.59 Å². The SMILES string of the molecule is CCCn1cc(CNC(=O)c2cnn(C)c2C(=O)Nc2ccn3cc(-c4ccccc4)nc3n2)cn1. The molecule has 0 atom stereocenters. The van der Waals surface area contributed by atoms with Crippen molar-refractivity contribution in [3.8, 4) is 11.3 Å². The molecule has 5 aromatic rings. The number of aryl methyl sites for hydroxylation is 2. The van der Waals surface area contributed by atoms with Gasteiger partial charge in [-0.2, -0.15) is 15.2 Å². The Kier molecular flexibility index (Phi) is 6.27. The molecule has 2 amide bonds. The molecule has 0 radical (unpaired) electrons. The fourth-order valence-electron chi connectivity index (χ4n) is 3.86. The number of carbonyl (C=O) groups is 2. The Hall–Kier alpha value is -4.80. The number of nitrogens with one attached hydrogen (secondary N) is 2. The van der Waals surface area contributed by atoms with Crippen LogP contribution < -0.4 is 10.6 Å². The van der Waals surface area contributed by atoms with Crippen molar-refractivity contribution in [1.82, 2.24) is 39.2 Å². The monoisotopic (exact) mass is 483 g/mol. The van der Waals surface area contributed by atoms with Gasteiger partial charge in [0.25, 0.3) is 11.8 Å². The molecular formula is C25H25N9O2. The number of imidazole rings is 1. The maximum absolute atomic E-state index is 13.1. The average Bonchev–Trinajstić information content (AvgIpc) is 3.61. The van der Waals surface area contributed by atoms with Gasteiger partial charge in [-0.05, 0) is 12.5 Å². The summed E-state index contributed by atoms with van der Waals surface area (Å²) in [6.07, 6.45) is 9.60. The van der Waals surface area contributed by atoms with Crippen molar-refractivity contribution in [1.29, 1.82) is 0 Å². The molecule has 0 aliphatic rings. The summed E-state index contributed by atoms with van der Waals surface area (Å²) < 4.78 is 4.98. The van der Waals surface area contributed by atoms with Crippen LogP contribution in [-0.2, 0) is 20.1 Å².